The van der Waals surface area contributed by atoms with Crippen LogP contribution < -0.4 is 21.7 Å². The lowest BCUT2D eigenvalue weighted by Gasteiger charge is -2.13. The summed E-state index contributed by atoms with van der Waals surface area (Å²) in [7, 11) is 1.81. The molecule has 7 N–H and O–H groups in total. The fourth-order valence-electron chi connectivity index (χ4n) is 4.47. The molecule has 0 aliphatic heterocycles. The highest BCUT2D eigenvalue weighted by molar-refractivity contribution is 5.68. The van der Waals surface area contributed by atoms with Gasteiger partial charge in [-0.05, 0) is 43.9 Å². The first-order valence-corrected chi connectivity index (χ1v) is 12.6. The predicted octanol–water partition coefficient (Wildman–Crippen LogP) is 1.79. The lowest BCUT2D eigenvalue weighted by Crippen LogP contribution is -2.35. The second-order valence-corrected chi connectivity index (χ2v) is 9.44. The van der Waals surface area contributed by atoms with E-state index in [1.807, 2.05) is 67.7 Å². The number of alkyl carbamates (subject to hydrolysis) is 2. The fraction of sp³-hybridized carbons (Fsp3) is 0.481. The molecule has 2 fully saturated rings. The van der Waals surface area contributed by atoms with Crippen LogP contribution in [0.3, 0.4) is 0 Å². The zero-order valence-corrected chi connectivity index (χ0v) is 21.1. The zero-order chi connectivity index (χ0) is 26.6. The Morgan fingerprint density at radius 2 is 1.24 bits per heavy atom. The normalized spacial score (nSPS) is 26.5. The number of hydrogen-bond acceptors (Lipinski definition) is 8. The van der Waals surface area contributed by atoms with Gasteiger partial charge < -0.3 is 41.4 Å². The zero-order valence-electron chi connectivity index (χ0n) is 21.1. The van der Waals surface area contributed by atoms with E-state index in [2.05, 4.69) is 16.0 Å². The van der Waals surface area contributed by atoms with E-state index >= 15 is 0 Å². The fourth-order valence-corrected chi connectivity index (χ4v) is 4.47. The van der Waals surface area contributed by atoms with E-state index in [0.29, 0.717) is 19.3 Å². The van der Waals surface area contributed by atoms with E-state index in [1.54, 1.807) is 0 Å². The van der Waals surface area contributed by atoms with Crippen LogP contribution in [0, 0.1) is 0 Å². The van der Waals surface area contributed by atoms with Crippen LogP contribution in [-0.2, 0) is 22.7 Å². The average molecular weight is 515 g/mol. The van der Waals surface area contributed by atoms with Crippen LogP contribution in [0.4, 0.5) is 9.59 Å². The van der Waals surface area contributed by atoms with Crippen molar-refractivity contribution in [3.8, 4) is 0 Å². The third-order valence-corrected chi connectivity index (χ3v) is 6.55. The van der Waals surface area contributed by atoms with Gasteiger partial charge in [0.05, 0.1) is 12.2 Å². The summed E-state index contributed by atoms with van der Waals surface area (Å²) in [5, 5.41) is 27.7. The van der Waals surface area contributed by atoms with Gasteiger partial charge in [0.25, 0.3) is 0 Å². The summed E-state index contributed by atoms with van der Waals surface area (Å²) >= 11 is 0. The number of amides is 2. The summed E-state index contributed by atoms with van der Waals surface area (Å²) in [6.07, 6.45) is 0.504. The largest absolute Gasteiger partial charge is 0.445 e. The summed E-state index contributed by atoms with van der Waals surface area (Å²) in [5.74, 6) is 0. The Labute approximate surface area is 217 Å². The van der Waals surface area contributed by atoms with Crippen LogP contribution in [0.1, 0.15) is 36.8 Å². The first kappa shape index (κ1) is 28.4. The molecule has 0 unspecified atom stereocenters. The van der Waals surface area contributed by atoms with E-state index in [-0.39, 0.29) is 37.4 Å². The van der Waals surface area contributed by atoms with Gasteiger partial charge in [-0.1, -0.05) is 60.7 Å². The molecular weight excluding hydrogens is 476 g/mol. The van der Waals surface area contributed by atoms with E-state index in [9.17, 15) is 19.8 Å². The molecule has 0 heterocycles. The average Bonchev–Trinajstić information content (AvgIpc) is 3.42. The molecule has 2 aromatic carbocycles. The van der Waals surface area contributed by atoms with Crippen LogP contribution in [-0.4, -0.2) is 65.8 Å². The summed E-state index contributed by atoms with van der Waals surface area (Å²) in [4.78, 5) is 23.2. The van der Waals surface area contributed by atoms with Gasteiger partial charge in [-0.15, -0.1) is 0 Å². The maximum absolute atomic E-state index is 11.6. The first-order chi connectivity index (χ1) is 17.8. The van der Waals surface area contributed by atoms with E-state index < -0.39 is 24.4 Å². The molecule has 2 amide bonds. The van der Waals surface area contributed by atoms with Crippen molar-refractivity contribution >= 4 is 12.2 Å². The van der Waals surface area contributed by atoms with Crippen LogP contribution in [0.2, 0.25) is 0 Å². The second-order valence-electron chi connectivity index (χ2n) is 9.44. The van der Waals surface area contributed by atoms with Crippen molar-refractivity contribution < 1.29 is 29.3 Å². The SMILES string of the molecule is CN[C@H]1C[C@@H](NC(=O)OCc2ccccc2)C[C@@H]1O.N[C@H]1C[C@@H](NC(=O)OCc2ccccc2)C[C@@H]1O. The number of aliphatic hydroxyl groups excluding tert-OH is 2. The van der Waals surface area contributed by atoms with Crippen LogP contribution in [0.15, 0.2) is 60.7 Å². The lowest BCUT2D eigenvalue weighted by atomic mass is 10.2. The number of carbonyl (C=O) groups is 2. The molecule has 37 heavy (non-hydrogen) atoms. The minimum Gasteiger partial charge on any atom is -0.445 e. The molecule has 2 aromatic rings. The number of aliphatic hydroxyl groups is 2. The minimum atomic E-state index is -0.538. The van der Waals surface area contributed by atoms with E-state index in [1.165, 1.54) is 0 Å². The van der Waals surface area contributed by atoms with Crippen LogP contribution in [0.5, 0.6) is 0 Å². The Kier molecular flexibility index (Phi) is 11.2. The number of carbonyl (C=O) groups excluding carboxylic acids is 2. The third-order valence-electron chi connectivity index (χ3n) is 6.55. The number of nitrogens with two attached hydrogens (primary N) is 1. The Morgan fingerprint density at radius 1 is 0.784 bits per heavy atom. The summed E-state index contributed by atoms with van der Waals surface area (Å²) < 4.78 is 10.2. The van der Waals surface area contributed by atoms with Crippen LogP contribution in [0.25, 0.3) is 0 Å². The number of nitrogens with one attached hydrogen (secondary N) is 3. The van der Waals surface area contributed by atoms with Crippen molar-refractivity contribution in [3.05, 3.63) is 71.8 Å². The van der Waals surface area contributed by atoms with Crippen molar-refractivity contribution in [2.75, 3.05) is 7.05 Å². The molecule has 10 heteroatoms. The Balaban J connectivity index is 0.000000206. The highest BCUT2D eigenvalue weighted by Gasteiger charge is 2.33. The molecule has 4 rings (SSSR count). The molecule has 202 valence electrons. The molecule has 0 bridgehead atoms. The monoisotopic (exact) mass is 514 g/mol. The molecule has 0 radical (unpaired) electrons. The Morgan fingerprint density at radius 3 is 1.65 bits per heavy atom. The number of ether oxygens (including phenoxy) is 2. The number of likely N-dealkylation sites (N-methyl/N-ethyl adjacent to an activating group) is 1. The van der Waals surface area contributed by atoms with Crippen molar-refractivity contribution in [1.82, 2.24) is 16.0 Å². The Bertz CT molecular complexity index is 954. The number of rotatable bonds is 7. The first-order valence-electron chi connectivity index (χ1n) is 12.6. The Hall–Kier alpha value is -3.18. The maximum Gasteiger partial charge on any atom is 0.407 e. The maximum atomic E-state index is 11.6. The molecule has 10 nitrogen and oxygen atoms in total. The van der Waals surface area contributed by atoms with Crippen LogP contribution >= 0.6 is 0 Å². The molecule has 6 atom stereocenters. The van der Waals surface area contributed by atoms with Crippen molar-refractivity contribution in [2.45, 2.75) is 75.3 Å². The van der Waals surface area contributed by atoms with Gasteiger partial charge >= 0.3 is 12.2 Å². The summed E-state index contributed by atoms with van der Waals surface area (Å²) in [6, 6.07) is 18.7. The summed E-state index contributed by atoms with van der Waals surface area (Å²) in [6.45, 7) is 0.505. The van der Waals surface area contributed by atoms with Crippen molar-refractivity contribution in [2.24, 2.45) is 5.73 Å². The molecule has 2 aliphatic rings. The molecule has 0 aromatic heterocycles. The van der Waals surface area contributed by atoms with E-state index in [4.69, 9.17) is 15.2 Å². The second kappa shape index (κ2) is 14.5. The molecule has 2 saturated carbocycles. The van der Waals surface area contributed by atoms with Gasteiger partial charge in [0.15, 0.2) is 0 Å². The highest BCUT2D eigenvalue weighted by atomic mass is 16.6. The topological polar surface area (TPSA) is 155 Å². The van der Waals surface area contributed by atoms with Crippen molar-refractivity contribution in [3.63, 3.8) is 0 Å². The van der Waals surface area contributed by atoms with Gasteiger partial charge in [-0.25, -0.2) is 9.59 Å². The molecule has 0 saturated heterocycles. The van der Waals surface area contributed by atoms with Gasteiger partial charge in [0.2, 0.25) is 0 Å². The predicted molar refractivity (Wildman–Crippen MR) is 138 cm³/mol. The van der Waals surface area contributed by atoms with Gasteiger partial charge in [-0.3, -0.25) is 0 Å². The van der Waals surface area contributed by atoms with Gasteiger partial charge in [0, 0.05) is 24.2 Å². The summed E-state index contributed by atoms with van der Waals surface area (Å²) in [5.41, 5.74) is 7.56. The number of hydrogen-bond donors (Lipinski definition) is 6. The smallest absolute Gasteiger partial charge is 0.407 e. The third kappa shape index (κ3) is 9.66. The van der Waals surface area contributed by atoms with Gasteiger partial charge in [-0.2, -0.15) is 0 Å². The van der Waals surface area contributed by atoms with Gasteiger partial charge in [0.1, 0.15) is 13.2 Å². The number of benzene rings is 2. The highest BCUT2D eigenvalue weighted by Crippen LogP contribution is 2.20. The molecule has 0 spiro atoms. The lowest BCUT2D eigenvalue weighted by molar-refractivity contribution is 0.132. The van der Waals surface area contributed by atoms with E-state index in [0.717, 1.165) is 17.5 Å². The molecular formula is C27H38N4O6. The quantitative estimate of drug-likeness (QED) is 0.327. The standard InChI is InChI=1S/C14H20N2O3.C13H18N2O3/c1-15-12-7-11(8-13(12)17)16-14(18)19-9-10-5-3-2-4-6-10;14-11-6-10(7-12(11)16)15-13(17)18-8-9-4-2-1-3-5-9/h2-6,11-13,15,17H,7-9H2,1H3,(H,16,18);1-5,10-12,16H,6-8,14H2,(H,15,17)/t11-,12+,13+;10-,11+,12+/m11/s1. The molecule has 2 aliphatic carbocycles. The minimum absolute atomic E-state index is 0.0317. The van der Waals surface area contributed by atoms with Crippen molar-refractivity contribution in [1.29, 1.82) is 0 Å².